The minimum Gasteiger partial charge on any atom is -0.430 e. The lowest BCUT2D eigenvalue weighted by atomic mass is 10.00. The number of nitrogens with zero attached hydrogens (tertiary/aromatic N) is 2. The maximum Gasteiger partial charge on any atom is 0.515 e. The second-order valence-corrected chi connectivity index (χ2v) is 14.5. The number of rotatable bonds is 7. The van der Waals surface area contributed by atoms with E-state index in [1.165, 1.54) is 22.7 Å². The van der Waals surface area contributed by atoms with E-state index in [9.17, 15) is 9.59 Å². The highest BCUT2D eigenvalue weighted by Crippen LogP contribution is 2.52. The number of thioether (sulfide) groups is 1. The summed E-state index contributed by atoms with van der Waals surface area (Å²) in [7, 11) is -1.97. The van der Waals surface area contributed by atoms with E-state index in [4.69, 9.17) is 13.9 Å². The van der Waals surface area contributed by atoms with Crippen molar-refractivity contribution in [3.05, 3.63) is 43.1 Å². The van der Waals surface area contributed by atoms with Gasteiger partial charge >= 0.3 is 6.16 Å². The van der Waals surface area contributed by atoms with Crippen molar-refractivity contribution >= 4 is 37.2 Å². The number of hydrogen-bond acceptors (Lipinski definition) is 6. The molecule has 3 heterocycles. The first-order valence-corrected chi connectivity index (χ1v) is 13.3. The first kappa shape index (κ1) is 21.7. The smallest absolute Gasteiger partial charge is 0.430 e. The summed E-state index contributed by atoms with van der Waals surface area (Å²) in [5.41, 5.74) is 0. The van der Waals surface area contributed by atoms with E-state index in [0.29, 0.717) is 11.6 Å². The molecule has 2 aliphatic heterocycles. The van der Waals surface area contributed by atoms with Crippen LogP contribution in [0.5, 0.6) is 0 Å². The molecular weight excluding hydrogens is 408 g/mol. The fraction of sp³-hybridized carbons (Fsp3) is 0.500. The quantitative estimate of drug-likeness (QED) is 0.272. The molecule has 0 aromatic carbocycles. The standard InChI is InChI=1S/C20H28N2O5SSi/c1-7-12-25-19(24)27-16-18(21-10-8-9-11-21)28-17-14(15(23)22(16)17)13-26-29(5,6)20(2,3)4/h7-11,14,17H,1,12-13H2,2-6H3/t14-,17+/m0/s1. The van der Waals surface area contributed by atoms with Gasteiger partial charge in [-0.3, -0.25) is 9.69 Å². The number of carbonyl (C=O) groups is 2. The fourth-order valence-electron chi connectivity index (χ4n) is 2.78. The molecule has 0 bridgehead atoms. The Morgan fingerprint density at radius 2 is 1.97 bits per heavy atom. The predicted octanol–water partition coefficient (Wildman–Crippen LogP) is 4.46. The van der Waals surface area contributed by atoms with Gasteiger partial charge in [-0.1, -0.05) is 45.2 Å². The van der Waals surface area contributed by atoms with Crippen LogP contribution in [0.1, 0.15) is 20.8 Å². The lowest BCUT2D eigenvalue weighted by molar-refractivity contribution is -0.151. The Morgan fingerprint density at radius 1 is 1.31 bits per heavy atom. The van der Waals surface area contributed by atoms with Gasteiger partial charge in [-0.2, -0.15) is 0 Å². The Labute approximate surface area is 176 Å². The van der Waals surface area contributed by atoms with Crippen LogP contribution >= 0.6 is 11.8 Å². The van der Waals surface area contributed by atoms with Crippen LogP contribution in [0.3, 0.4) is 0 Å². The molecule has 9 heteroatoms. The molecule has 29 heavy (non-hydrogen) atoms. The summed E-state index contributed by atoms with van der Waals surface area (Å²) < 4.78 is 18.4. The van der Waals surface area contributed by atoms with Crippen molar-refractivity contribution in [1.82, 2.24) is 9.47 Å². The van der Waals surface area contributed by atoms with Crippen LogP contribution in [-0.4, -0.2) is 48.4 Å². The molecule has 3 rings (SSSR count). The molecule has 1 aromatic heterocycles. The number of ether oxygens (including phenoxy) is 2. The molecule has 2 aliphatic rings. The molecule has 1 amide bonds. The van der Waals surface area contributed by atoms with Gasteiger partial charge in [-0.05, 0) is 30.3 Å². The molecule has 1 fully saturated rings. The van der Waals surface area contributed by atoms with E-state index < -0.39 is 14.5 Å². The Morgan fingerprint density at radius 3 is 2.55 bits per heavy atom. The highest BCUT2D eigenvalue weighted by molar-refractivity contribution is 8.08. The number of carbonyl (C=O) groups excluding carboxylic acids is 2. The Bertz CT molecular complexity index is 828. The second kappa shape index (κ2) is 8.04. The molecular formula is C20H28N2O5SSi. The van der Waals surface area contributed by atoms with Crippen LogP contribution in [0.4, 0.5) is 4.79 Å². The topological polar surface area (TPSA) is 70.0 Å². The van der Waals surface area contributed by atoms with Crippen LogP contribution in [0.25, 0.3) is 5.03 Å². The zero-order valence-corrected chi connectivity index (χ0v) is 19.3. The van der Waals surface area contributed by atoms with Crippen LogP contribution in [0.15, 0.2) is 43.1 Å². The van der Waals surface area contributed by atoms with Gasteiger partial charge in [-0.25, -0.2) is 4.79 Å². The van der Waals surface area contributed by atoms with Gasteiger partial charge in [0.2, 0.25) is 11.8 Å². The minimum absolute atomic E-state index is 0.0401. The number of aromatic nitrogens is 1. The van der Waals surface area contributed by atoms with Gasteiger partial charge in [0.15, 0.2) is 8.32 Å². The normalized spacial score (nSPS) is 21.7. The van der Waals surface area contributed by atoms with Gasteiger partial charge in [0.1, 0.15) is 17.0 Å². The number of fused-ring (bicyclic) bond motifs is 1. The van der Waals surface area contributed by atoms with Gasteiger partial charge in [-0.15, -0.1) is 0 Å². The van der Waals surface area contributed by atoms with Gasteiger partial charge in [0.05, 0.1) is 5.92 Å². The molecule has 2 atom stereocenters. The highest BCUT2D eigenvalue weighted by atomic mass is 32.2. The fourth-order valence-corrected chi connectivity index (χ4v) is 5.19. The number of β-lactam (4-membered cyclic amide) rings is 1. The van der Waals surface area contributed by atoms with Gasteiger partial charge in [0.25, 0.3) is 0 Å². The van der Waals surface area contributed by atoms with E-state index in [2.05, 4.69) is 40.4 Å². The minimum atomic E-state index is -1.97. The van der Waals surface area contributed by atoms with Crippen LogP contribution in [0, 0.1) is 5.92 Å². The zero-order chi connectivity index (χ0) is 21.4. The van der Waals surface area contributed by atoms with Crippen molar-refractivity contribution in [3.63, 3.8) is 0 Å². The monoisotopic (exact) mass is 436 g/mol. The third kappa shape index (κ3) is 4.17. The van der Waals surface area contributed by atoms with E-state index >= 15 is 0 Å². The first-order chi connectivity index (χ1) is 13.6. The van der Waals surface area contributed by atoms with Crippen molar-refractivity contribution in [2.24, 2.45) is 5.92 Å². The molecule has 0 radical (unpaired) electrons. The van der Waals surface area contributed by atoms with Crippen molar-refractivity contribution in [3.8, 4) is 0 Å². The van der Waals surface area contributed by atoms with E-state index in [0.717, 1.165) is 0 Å². The van der Waals surface area contributed by atoms with E-state index in [1.54, 1.807) is 0 Å². The van der Waals surface area contributed by atoms with Crippen molar-refractivity contribution in [2.75, 3.05) is 13.2 Å². The van der Waals surface area contributed by atoms with E-state index in [1.807, 2.05) is 29.1 Å². The third-order valence-corrected chi connectivity index (χ3v) is 11.4. The second-order valence-electron chi connectivity index (χ2n) is 8.55. The number of amides is 1. The first-order valence-electron chi connectivity index (χ1n) is 9.53. The third-order valence-electron chi connectivity index (χ3n) is 5.56. The average Bonchev–Trinajstić information content (AvgIpc) is 3.25. The van der Waals surface area contributed by atoms with Crippen LogP contribution in [-0.2, 0) is 18.7 Å². The summed E-state index contributed by atoms with van der Waals surface area (Å²) in [5.74, 6) is -0.168. The summed E-state index contributed by atoms with van der Waals surface area (Å²) >= 11 is 1.49. The molecule has 0 N–H and O–H groups in total. The molecule has 0 saturated carbocycles. The zero-order valence-electron chi connectivity index (χ0n) is 17.5. The van der Waals surface area contributed by atoms with Crippen LogP contribution in [0.2, 0.25) is 18.1 Å². The summed E-state index contributed by atoms with van der Waals surface area (Å²) in [4.78, 5) is 26.4. The SMILES string of the molecule is C=CCOC(=O)OC1=C(n2cccc2)S[C@@H]2[C@@H](CO[Si](C)(C)C(C)(C)C)C(=O)N12. The van der Waals surface area contributed by atoms with Crippen LogP contribution < -0.4 is 0 Å². The van der Waals surface area contributed by atoms with Gasteiger partial charge in [0, 0.05) is 19.0 Å². The molecule has 7 nitrogen and oxygen atoms in total. The lowest BCUT2D eigenvalue weighted by Crippen LogP contribution is -2.59. The van der Waals surface area contributed by atoms with Crippen molar-refractivity contribution in [1.29, 1.82) is 0 Å². The summed E-state index contributed by atoms with van der Waals surface area (Å²) in [6.07, 6.45) is 4.29. The predicted molar refractivity (Wildman–Crippen MR) is 115 cm³/mol. The molecule has 0 unspecified atom stereocenters. The number of hydrogen-bond donors (Lipinski definition) is 0. The highest BCUT2D eigenvalue weighted by Gasteiger charge is 2.57. The Balaban J connectivity index is 1.75. The summed E-state index contributed by atoms with van der Waals surface area (Å²) in [6, 6.07) is 3.74. The summed E-state index contributed by atoms with van der Waals surface area (Å²) in [5, 5.41) is 0.589. The summed E-state index contributed by atoms with van der Waals surface area (Å²) in [6.45, 7) is 14.8. The average molecular weight is 437 g/mol. The Hall–Kier alpha value is -1.97. The maximum atomic E-state index is 12.9. The largest absolute Gasteiger partial charge is 0.515 e. The molecule has 0 aliphatic carbocycles. The molecule has 1 aromatic rings. The lowest BCUT2D eigenvalue weighted by Gasteiger charge is -2.44. The maximum absolute atomic E-state index is 12.9. The van der Waals surface area contributed by atoms with Crippen molar-refractivity contribution in [2.45, 2.75) is 44.3 Å². The van der Waals surface area contributed by atoms with Crippen molar-refractivity contribution < 1.29 is 23.5 Å². The van der Waals surface area contributed by atoms with E-state index in [-0.39, 0.29) is 34.7 Å². The molecule has 0 spiro atoms. The Kier molecular flexibility index (Phi) is 6.02. The van der Waals surface area contributed by atoms with Gasteiger partial charge < -0.3 is 18.5 Å². The molecule has 158 valence electrons. The molecule has 1 saturated heterocycles.